The van der Waals surface area contributed by atoms with Crippen LogP contribution >= 0.6 is 0 Å². The summed E-state index contributed by atoms with van der Waals surface area (Å²) in [4.78, 5) is 15.2. The number of hydrogen-bond acceptors (Lipinski definition) is 4. The summed E-state index contributed by atoms with van der Waals surface area (Å²) >= 11 is 0. The number of imidazole rings is 1. The van der Waals surface area contributed by atoms with E-state index in [1.807, 2.05) is 55.6 Å². The number of aliphatic carboxylic acids is 1. The molecule has 0 aliphatic rings. The molecule has 0 saturated carbocycles. The number of para-hydroxylation sites is 1. The lowest BCUT2D eigenvalue weighted by Crippen LogP contribution is -2.07. The molecular formula is C24H28N2O4. The SMILES string of the molecule is COc1ccc(-c2ncc(C)n2Cc2ccccc2OCCCCCC(=O)O)cc1. The molecule has 3 aromatic rings. The van der Waals surface area contributed by atoms with Gasteiger partial charge in [-0.15, -0.1) is 0 Å². The van der Waals surface area contributed by atoms with Crippen molar-refractivity contribution in [3.05, 3.63) is 66.0 Å². The topological polar surface area (TPSA) is 73.6 Å². The van der Waals surface area contributed by atoms with Crippen molar-refractivity contribution in [3.8, 4) is 22.9 Å². The lowest BCUT2D eigenvalue weighted by atomic mass is 10.1. The Labute approximate surface area is 177 Å². The third-order valence-corrected chi connectivity index (χ3v) is 5.00. The standard InChI is InChI=1S/C24H28N2O4/c1-18-16-25-24(19-11-13-21(29-2)14-12-19)26(18)17-20-8-5-6-9-22(20)30-15-7-3-4-10-23(27)28/h5-6,8-9,11-14,16H,3-4,7,10,15,17H2,1-2H3,(H,27,28). The van der Waals surface area contributed by atoms with Crippen LogP contribution in [0.2, 0.25) is 0 Å². The van der Waals surface area contributed by atoms with E-state index in [9.17, 15) is 4.79 Å². The van der Waals surface area contributed by atoms with E-state index < -0.39 is 5.97 Å². The van der Waals surface area contributed by atoms with Crippen LogP contribution in [0.3, 0.4) is 0 Å². The second-order valence-corrected chi connectivity index (χ2v) is 7.20. The molecule has 2 aromatic carbocycles. The second-order valence-electron chi connectivity index (χ2n) is 7.20. The molecule has 0 radical (unpaired) electrons. The maximum absolute atomic E-state index is 10.6. The number of methoxy groups -OCH3 is 1. The normalized spacial score (nSPS) is 10.7. The largest absolute Gasteiger partial charge is 0.497 e. The van der Waals surface area contributed by atoms with Gasteiger partial charge in [-0.25, -0.2) is 4.98 Å². The minimum atomic E-state index is -0.746. The van der Waals surface area contributed by atoms with Crippen molar-refractivity contribution in [3.63, 3.8) is 0 Å². The van der Waals surface area contributed by atoms with Gasteiger partial charge in [0, 0.05) is 29.4 Å². The molecule has 1 aromatic heterocycles. The fourth-order valence-corrected chi connectivity index (χ4v) is 3.31. The molecule has 0 spiro atoms. The van der Waals surface area contributed by atoms with Crippen LogP contribution in [0.25, 0.3) is 11.4 Å². The Morgan fingerprint density at radius 2 is 1.83 bits per heavy atom. The molecule has 6 nitrogen and oxygen atoms in total. The Balaban J connectivity index is 1.69. The number of rotatable bonds is 11. The Bertz CT molecular complexity index is 964. The van der Waals surface area contributed by atoms with Gasteiger partial charge in [0.15, 0.2) is 0 Å². The molecule has 0 bridgehead atoms. The molecule has 0 saturated heterocycles. The number of hydrogen-bond donors (Lipinski definition) is 1. The van der Waals surface area contributed by atoms with Crippen molar-refractivity contribution in [1.82, 2.24) is 9.55 Å². The molecule has 0 amide bonds. The second kappa shape index (κ2) is 10.5. The van der Waals surface area contributed by atoms with Gasteiger partial charge < -0.3 is 19.1 Å². The van der Waals surface area contributed by atoms with Crippen LogP contribution in [0.15, 0.2) is 54.7 Å². The molecule has 0 unspecified atom stereocenters. The van der Waals surface area contributed by atoms with Crippen LogP contribution in [0.5, 0.6) is 11.5 Å². The molecule has 3 rings (SSSR count). The monoisotopic (exact) mass is 408 g/mol. The van der Waals surface area contributed by atoms with Crippen LogP contribution < -0.4 is 9.47 Å². The number of carbonyl (C=O) groups is 1. The quantitative estimate of drug-likeness (QED) is 0.455. The molecule has 0 aliphatic carbocycles. The van der Waals surface area contributed by atoms with Crippen LogP contribution in [-0.4, -0.2) is 34.3 Å². The van der Waals surface area contributed by atoms with Crippen LogP contribution in [0.4, 0.5) is 0 Å². The van der Waals surface area contributed by atoms with Crippen LogP contribution in [0.1, 0.15) is 36.9 Å². The lowest BCUT2D eigenvalue weighted by Gasteiger charge is -2.15. The number of aromatic nitrogens is 2. The van der Waals surface area contributed by atoms with Gasteiger partial charge in [-0.3, -0.25) is 4.79 Å². The van der Waals surface area contributed by atoms with Gasteiger partial charge in [0.05, 0.1) is 20.3 Å². The summed E-state index contributed by atoms with van der Waals surface area (Å²) in [5.41, 5.74) is 3.18. The summed E-state index contributed by atoms with van der Waals surface area (Å²) in [5, 5.41) is 8.72. The summed E-state index contributed by atoms with van der Waals surface area (Å²) in [5.74, 6) is 1.82. The number of nitrogens with zero attached hydrogens (tertiary/aromatic N) is 2. The average molecular weight is 408 g/mol. The minimum Gasteiger partial charge on any atom is -0.497 e. The highest BCUT2D eigenvalue weighted by Crippen LogP contribution is 2.26. The van der Waals surface area contributed by atoms with Gasteiger partial charge in [-0.1, -0.05) is 18.2 Å². The number of benzene rings is 2. The fourth-order valence-electron chi connectivity index (χ4n) is 3.31. The Morgan fingerprint density at radius 1 is 1.07 bits per heavy atom. The van der Waals surface area contributed by atoms with Crippen molar-refractivity contribution in [1.29, 1.82) is 0 Å². The summed E-state index contributed by atoms with van der Waals surface area (Å²) in [7, 11) is 1.66. The Morgan fingerprint density at radius 3 is 2.57 bits per heavy atom. The van der Waals surface area contributed by atoms with E-state index >= 15 is 0 Å². The van der Waals surface area contributed by atoms with Gasteiger partial charge in [-0.2, -0.15) is 0 Å². The highest BCUT2D eigenvalue weighted by atomic mass is 16.5. The van der Waals surface area contributed by atoms with Gasteiger partial charge >= 0.3 is 5.97 Å². The average Bonchev–Trinajstić information content (AvgIpc) is 3.11. The molecule has 1 heterocycles. The minimum absolute atomic E-state index is 0.213. The maximum Gasteiger partial charge on any atom is 0.303 e. The zero-order valence-corrected chi connectivity index (χ0v) is 17.5. The molecule has 6 heteroatoms. The molecular weight excluding hydrogens is 380 g/mol. The van der Waals surface area contributed by atoms with E-state index in [-0.39, 0.29) is 6.42 Å². The van der Waals surface area contributed by atoms with Gasteiger partial charge in [0.2, 0.25) is 0 Å². The predicted molar refractivity (Wildman–Crippen MR) is 116 cm³/mol. The third-order valence-electron chi connectivity index (χ3n) is 5.00. The lowest BCUT2D eigenvalue weighted by molar-refractivity contribution is -0.137. The number of carboxylic acids is 1. The summed E-state index contributed by atoms with van der Waals surface area (Å²) in [6.45, 7) is 3.28. The first-order valence-electron chi connectivity index (χ1n) is 10.2. The molecule has 0 aliphatic heterocycles. The van der Waals surface area contributed by atoms with Crippen LogP contribution in [-0.2, 0) is 11.3 Å². The Hall–Kier alpha value is -3.28. The zero-order valence-electron chi connectivity index (χ0n) is 17.5. The number of aryl methyl sites for hydroxylation is 1. The van der Waals surface area contributed by atoms with Crippen molar-refractivity contribution in [2.75, 3.05) is 13.7 Å². The zero-order chi connectivity index (χ0) is 21.3. The molecule has 30 heavy (non-hydrogen) atoms. The smallest absolute Gasteiger partial charge is 0.303 e. The van der Waals surface area contributed by atoms with Gasteiger partial charge in [0.1, 0.15) is 17.3 Å². The first-order valence-corrected chi connectivity index (χ1v) is 10.2. The summed E-state index contributed by atoms with van der Waals surface area (Å²) in [6, 6.07) is 15.9. The number of unbranched alkanes of at least 4 members (excludes halogenated alkanes) is 2. The first-order chi connectivity index (χ1) is 14.6. The van der Waals surface area contributed by atoms with Gasteiger partial charge in [0.25, 0.3) is 0 Å². The highest BCUT2D eigenvalue weighted by Gasteiger charge is 2.12. The van der Waals surface area contributed by atoms with Crippen molar-refractivity contribution in [2.24, 2.45) is 0 Å². The van der Waals surface area contributed by atoms with Crippen molar-refractivity contribution in [2.45, 2.75) is 39.2 Å². The molecule has 158 valence electrons. The van der Waals surface area contributed by atoms with E-state index in [2.05, 4.69) is 15.6 Å². The van der Waals surface area contributed by atoms with E-state index in [1.165, 1.54) is 0 Å². The van der Waals surface area contributed by atoms with E-state index in [0.717, 1.165) is 47.0 Å². The maximum atomic E-state index is 10.6. The first kappa shape index (κ1) is 21.4. The van der Waals surface area contributed by atoms with E-state index in [0.29, 0.717) is 19.6 Å². The predicted octanol–water partition coefficient (Wildman–Crippen LogP) is 4.94. The molecule has 0 fully saturated rings. The van der Waals surface area contributed by atoms with E-state index in [1.54, 1.807) is 7.11 Å². The summed E-state index contributed by atoms with van der Waals surface area (Å²) < 4.78 is 13.4. The van der Waals surface area contributed by atoms with Crippen LogP contribution in [0, 0.1) is 6.92 Å². The van der Waals surface area contributed by atoms with Gasteiger partial charge in [-0.05, 0) is 56.5 Å². The Kier molecular flexibility index (Phi) is 7.49. The van der Waals surface area contributed by atoms with E-state index in [4.69, 9.17) is 14.6 Å². The molecule has 0 atom stereocenters. The molecule has 1 N–H and O–H groups in total. The summed E-state index contributed by atoms with van der Waals surface area (Å²) in [6.07, 6.45) is 4.45. The highest BCUT2D eigenvalue weighted by molar-refractivity contribution is 5.66. The van der Waals surface area contributed by atoms with Crippen molar-refractivity contribution < 1.29 is 19.4 Å². The third kappa shape index (κ3) is 5.63. The van der Waals surface area contributed by atoms with Crippen molar-refractivity contribution >= 4 is 5.97 Å². The fraction of sp³-hybridized carbons (Fsp3) is 0.333. The number of carboxylic acid groups (broad SMARTS) is 1. The number of ether oxygens (including phenoxy) is 2.